The Morgan fingerprint density at radius 3 is 2.47 bits per heavy atom. The number of benzene rings is 1. The van der Waals surface area contributed by atoms with Gasteiger partial charge in [-0.3, -0.25) is 4.99 Å². The number of aliphatic imine (C=N–C) groups is 1. The van der Waals surface area contributed by atoms with Gasteiger partial charge in [0.2, 0.25) is 0 Å². The zero-order valence-corrected chi connectivity index (χ0v) is 23.0. The molecule has 0 saturated carbocycles. The highest BCUT2D eigenvalue weighted by molar-refractivity contribution is 14.0. The molecule has 6 nitrogen and oxygen atoms in total. The summed E-state index contributed by atoms with van der Waals surface area (Å²) in [6.45, 7) is 10.2. The van der Waals surface area contributed by atoms with Gasteiger partial charge < -0.3 is 25.0 Å². The average Bonchev–Trinajstić information content (AvgIpc) is 3.32. The fraction of sp³-hybridized carbons (Fsp3) is 0.542. The van der Waals surface area contributed by atoms with Crippen molar-refractivity contribution in [2.24, 2.45) is 4.99 Å². The fourth-order valence-electron chi connectivity index (χ4n) is 3.83. The van der Waals surface area contributed by atoms with Gasteiger partial charge in [-0.2, -0.15) is 0 Å². The van der Waals surface area contributed by atoms with E-state index in [1.807, 2.05) is 17.4 Å². The topological polar surface area (TPSA) is 58.1 Å². The van der Waals surface area contributed by atoms with Crippen molar-refractivity contribution in [2.45, 2.75) is 45.1 Å². The molecule has 1 aliphatic heterocycles. The maximum absolute atomic E-state index is 5.48. The predicted octanol–water partition coefficient (Wildman–Crippen LogP) is 4.89. The number of thiophene rings is 1. The summed E-state index contributed by atoms with van der Waals surface area (Å²) in [4.78, 5) is 7.41. The first kappa shape index (κ1) is 26.6. The summed E-state index contributed by atoms with van der Waals surface area (Å²) in [5.41, 5.74) is 1.04. The average molecular weight is 573 g/mol. The van der Waals surface area contributed by atoms with Gasteiger partial charge in [-0.15, -0.1) is 35.3 Å². The van der Waals surface area contributed by atoms with E-state index in [1.165, 1.54) is 10.6 Å². The van der Waals surface area contributed by atoms with Crippen LogP contribution in [0, 0.1) is 0 Å². The summed E-state index contributed by atoms with van der Waals surface area (Å²) in [5, 5.41) is 10.6. The molecule has 0 amide bonds. The number of anilines is 1. The molecule has 178 valence electrons. The molecule has 2 heterocycles. The molecular weight excluding hydrogens is 535 g/mol. The van der Waals surface area contributed by atoms with Crippen LogP contribution < -0.4 is 25.0 Å². The number of nitrogens with one attached hydrogen (secondary N) is 2. The normalized spacial score (nSPS) is 15.2. The monoisotopic (exact) mass is 572 g/mol. The molecule has 0 aliphatic carbocycles. The Kier molecular flexibility index (Phi) is 10.4. The SMILES string of the molecule is CCNC(=NCC(C)(C)c1ccc(OC)c(OC)c1)NC1CCN(c2cccs2)CC1.I. The van der Waals surface area contributed by atoms with Crippen LogP contribution in [0.1, 0.15) is 39.2 Å². The fourth-order valence-corrected chi connectivity index (χ4v) is 4.62. The minimum atomic E-state index is -0.134. The number of guanidine groups is 1. The van der Waals surface area contributed by atoms with Gasteiger partial charge in [0.05, 0.1) is 25.8 Å². The summed E-state index contributed by atoms with van der Waals surface area (Å²) in [5.74, 6) is 2.39. The molecule has 1 saturated heterocycles. The third-order valence-electron chi connectivity index (χ3n) is 5.80. The Labute approximate surface area is 213 Å². The Morgan fingerprint density at radius 1 is 1.16 bits per heavy atom. The van der Waals surface area contributed by atoms with Gasteiger partial charge in [0.15, 0.2) is 17.5 Å². The van der Waals surface area contributed by atoms with E-state index in [4.69, 9.17) is 14.5 Å². The van der Waals surface area contributed by atoms with Gasteiger partial charge in [-0.25, -0.2) is 0 Å². The highest BCUT2D eigenvalue weighted by Gasteiger charge is 2.24. The van der Waals surface area contributed by atoms with E-state index < -0.39 is 0 Å². The van der Waals surface area contributed by atoms with Crippen LogP contribution in [0.5, 0.6) is 11.5 Å². The minimum absolute atomic E-state index is 0. The van der Waals surface area contributed by atoms with Crippen molar-refractivity contribution >= 4 is 46.3 Å². The molecule has 0 atom stereocenters. The molecule has 32 heavy (non-hydrogen) atoms. The summed E-state index contributed by atoms with van der Waals surface area (Å²) in [6.07, 6.45) is 2.22. The van der Waals surface area contributed by atoms with Crippen molar-refractivity contribution < 1.29 is 9.47 Å². The van der Waals surface area contributed by atoms with E-state index in [0.717, 1.165) is 49.9 Å². The lowest BCUT2D eigenvalue weighted by Gasteiger charge is -2.34. The largest absolute Gasteiger partial charge is 0.493 e. The van der Waals surface area contributed by atoms with Gasteiger partial charge in [0.25, 0.3) is 0 Å². The molecule has 3 rings (SSSR count). The second-order valence-corrected chi connectivity index (χ2v) is 9.43. The Bertz CT molecular complexity index is 850. The third-order valence-corrected chi connectivity index (χ3v) is 6.72. The van der Waals surface area contributed by atoms with E-state index in [-0.39, 0.29) is 29.4 Å². The van der Waals surface area contributed by atoms with Gasteiger partial charge in [-0.05, 0) is 55.0 Å². The van der Waals surface area contributed by atoms with Gasteiger partial charge in [0.1, 0.15) is 0 Å². The van der Waals surface area contributed by atoms with E-state index in [2.05, 4.69) is 66.0 Å². The first-order chi connectivity index (χ1) is 15.0. The van der Waals surface area contributed by atoms with Crippen molar-refractivity contribution in [3.05, 3.63) is 41.3 Å². The zero-order chi connectivity index (χ0) is 22.3. The van der Waals surface area contributed by atoms with Crippen LogP contribution in [0.3, 0.4) is 0 Å². The summed E-state index contributed by atoms with van der Waals surface area (Å²) in [6, 6.07) is 10.9. The molecule has 0 unspecified atom stereocenters. The minimum Gasteiger partial charge on any atom is -0.493 e. The molecule has 1 aliphatic rings. The van der Waals surface area contributed by atoms with Crippen molar-refractivity contribution in [1.29, 1.82) is 0 Å². The van der Waals surface area contributed by atoms with Crippen LogP contribution in [0.25, 0.3) is 0 Å². The summed E-state index contributed by atoms with van der Waals surface area (Å²) in [7, 11) is 3.33. The van der Waals surface area contributed by atoms with E-state index >= 15 is 0 Å². The molecular formula is C24H37IN4O2S. The van der Waals surface area contributed by atoms with E-state index in [0.29, 0.717) is 12.6 Å². The van der Waals surface area contributed by atoms with E-state index in [9.17, 15) is 0 Å². The summed E-state index contributed by atoms with van der Waals surface area (Å²) >= 11 is 1.82. The molecule has 0 bridgehead atoms. The van der Waals surface area contributed by atoms with Crippen molar-refractivity contribution in [2.75, 3.05) is 45.3 Å². The molecule has 2 aromatic rings. The van der Waals surface area contributed by atoms with Crippen LogP contribution in [0.2, 0.25) is 0 Å². The Morgan fingerprint density at radius 2 is 1.88 bits per heavy atom. The van der Waals surface area contributed by atoms with Crippen molar-refractivity contribution in [3.63, 3.8) is 0 Å². The molecule has 0 radical (unpaired) electrons. The number of piperidine rings is 1. The lowest BCUT2D eigenvalue weighted by Crippen LogP contribution is -2.49. The van der Waals surface area contributed by atoms with Gasteiger partial charge in [-0.1, -0.05) is 19.9 Å². The molecule has 1 aromatic heterocycles. The van der Waals surface area contributed by atoms with Crippen LogP contribution in [-0.4, -0.2) is 52.4 Å². The second kappa shape index (κ2) is 12.5. The molecule has 8 heteroatoms. The second-order valence-electron chi connectivity index (χ2n) is 8.51. The number of nitrogens with zero attached hydrogens (tertiary/aromatic N) is 2. The Balaban J connectivity index is 0.00000363. The smallest absolute Gasteiger partial charge is 0.191 e. The highest BCUT2D eigenvalue weighted by atomic mass is 127. The number of halogens is 1. The lowest BCUT2D eigenvalue weighted by atomic mass is 9.84. The van der Waals surface area contributed by atoms with Crippen molar-refractivity contribution in [1.82, 2.24) is 10.6 Å². The first-order valence-electron chi connectivity index (χ1n) is 11.0. The maximum atomic E-state index is 5.48. The van der Waals surface area contributed by atoms with Crippen LogP contribution in [-0.2, 0) is 5.41 Å². The number of methoxy groups -OCH3 is 2. The molecule has 1 fully saturated rings. The van der Waals surface area contributed by atoms with Crippen LogP contribution in [0.15, 0.2) is 40.7 Å². The maximum Gasteiger partial charge on any atom is 0.191 e. The molecule has 1 aromatic carbocycles. The van der Waals surface area contributed by atoms with Crippen molar-refractivity contribution in [3.8, 4) is 11.5 Å². The third kappa shape index (κ3) is 6.91. The van der Waals surface area contributed by atoms with E-state index in [1.54, 1.807) is 14.2 Å². The quantitative estimate of drug-likeness (QED) is 0.268. The lowest BCUT2D eigenvalue weighted by molar-refractivity contribution is 0.353. The number of hydrogen-bond acceptors (Lipinski definition) is 5. The number of rotatable bonds is 8. The first-order valence-corrected chi connectivity index (χ1v) is 11.9. The zero-order valence-electron chi connectivity index (χ0n) is 19.8. The molecule has 2 N–H and O–H groups in total. The predicted molar refractivity (Wildman–Crippen MR) is 147 cm³/mol. The molecule has 0 spiro atoms. The highest BCUT2D eigenvalue weighted by Crippen LogP contribution is 2.33. The van der Waals surface area contributed by atoms with Crippen LogP contribution >= 0.6 is 35.3 Å². The van der Waals surface area contributed by atoms with Crippen LogP contribution in [0.4, 0.5) is 5.00 Å². The van der Waals surface area contributed by atoms with Gasteiger partial charge >= 0.3 is 0 Å². The standard InChI is InChI=1S/C24H36N4O2S.HI/c1-6-25-23(27-19-11-13-28(14-12-19)22-8-7-15-31-22)26-17-24(2,3)18-9-10-20(29-4)21(16-18)30-5;/h7-10,15-16,19H,6,11-14,17H2,1-5H3,(H2,25,26,27);1H. The number of ether oxygens (including phenoxy) is 2. The Hall–Kier alpha value is -1.68. The van der Waals surface area contributed by atoms with Gasteiger partial charge in [0, 0.05) is 31.1 Å². The summed E-state index contributed by atoms with van der Waals surface area (Å²) < 4.78 is 10.9. The number of hydrogen-bond donors (Lipinski definition) is 2.